The second kappa shape index (κ2) is 7.59. The van der Waals surface area contributed by atoms with Gasteiger partial charge in [-0.2, -0.15) is 0 Å². The molecule has 4 heteroatoms. The number of rotatable bonds is 3. The molecule has 0 nitrogen and oxygen atoms in total. The molecule has 0 saturated heterocycles. The van der Waals surface area contributed by atoms with Crippen molar-refractivity contribution in [3.8, 4) is 11.1 Å². The molecule has 0 heterocycles. The maximum absolute atomic E-state index is 5.18. The van der Waals surface area contributed by atoms with Crippen LogP contribution < -0.4 is 10.4 Å². The number of hydrogen-bond acceptors (Lipinski definition) is 2. The van der Waals surface area contributed by atoms with Gasteiger partial charge in [0.15, 0.2) is 0 Å². The highest BCUT2D eigenvalue weighted by atomic mass is 32.1. The number of fused-ring (bicyclic) bond motifs is 2. The predicted molar refractivity (Wildman–Crippen MR) is 147 cm³/mol. The summed E-state index contributed by atoms with van der Waals surface area (Å²) >= 11 is 10.4. The second-order valence-electron chi connectivity index (χ2n) is 10.2. The molecule has 0 radical (unpaired) electrons. The Balaban J connectivity index is 2.27. The standard InChI is InChI=1S/C26H30S2Si2/c1-29(2,3)21-15-17-11-7-9-13-19(17)23(25(21)27)24-20-14-10-8-12-18(20)16-22(26(24)28)30(4,5)6/h7-16,27-28H,1-6H3. The van der Waals surface area contributed by atoms with Crippen molar-refractivity contribution >= 4 is 73.3 Å². The Morgan fingerprint density at radius 1 is 0.533 bits per heavy atom. The van der Waals surface area contributed by atoms with Crippen LogP contribution in [0.2, 0.25) is 39.3 Å². The summed E-state index contributed by atoms with van der Waals surface area (Å²) in [5.41, 5.74) is 2.49. The summed E-state index contributed by atoms with van der Waals surface area (Å²) in [6, 6.07) is 22.2. The van der Waals surface area contributed by atoms with Gasteiger partial charge in [0.25, 0.3) is 0 Å². The van der Waals surface area contributed by atoms with Gasteiger partial charge in [0, 0.05) is 20.9 Å². The van der Waals surface area contributed by atoms with E-state index in [1.807, 2.05) is 0 Å². The first kappa shape index (κ1) is 21.8. The summed E-state index contributed by atoms with van der Waals surface area (Å²) in [6.45, 7) is 14.4. The summed E-state index contributed by atoms with van der Waals surface area (Å²) < 4.78 is 0. The molecular weight excluding hydrogens is 433 g/mol. The highest BCUT2D eigenvalue weighted by Crippen LogP contribution is 2.41. The lowest BCUT2D eigenvalue weighted by atomic mass is 9.93. The number of thiol groups is 2. The molecule has 4 aromatic rings. The third-order valence-electron chi connectivity index (χ3n) is 5.91. The van der Waals surface area contributed by atoms with Crippen LogP contribution in [0.25, 0.3) is 32.7 Å². The Morgan fingerprint density at radius 3 is 1.20 bits per heavy atom. The highest BCUT2D eigenvalue weighted by Gasteiger charge is 2.27. The van der Waals surface area contributed by atoms with Crippen LogP contribution in [0.4, 0.5) is 0 Å². The number of hydrogen-bond donors (Lipinski definition) is 2. The minimum Gasteiger partial charge on any atom is -0.143 e. The van der Waals surface area contributed by atoms with Crippen LogP contribution in [-0.4, -0.2) is 16.1 Å². The lowest BCUT2D eigenvalue weighted by Gasteiger charge is -2.27. The third-order valence-corrected chi connectivity index (χ3v) is 11.3. The normalized spacial score (nSPS) is 12.7. The molecule has 0 spiro atoms. The Morgan fingerprint density at radius 2 is 0.867 bits per heavy atom. The van der Waals surface area contributed by atoms with Crippen molar-refractivity contribution in [1.29, 1.82) is 0 Å². The predicted octanol–water partition coefficient (Wildman–Crippen LogP) is 7.33. The van der Waals surface area contributed by atoms with Crippen LogP contribution in [-0.2, 0) is 0 Å². The van der Waals surface area contributed by atoms with Gasteiger partial charge >= 0.3 is 0 Å². The monoisotopic (exact) mass is 462 g/mol. The van der Waals surface area contributed by atoms with Gasteiger partial charge < -0.3 is 0 Å². The smallest absolute Gasteiger partial charge is 0.0791 e. The van der Waals surface area contributed by atoms with Gasteiger partial charge in [-0.25, -0.2) is 0 Å². The van der Waals surface area contributed by atoms with Crippen LogP contribution in [0, 0.1) is 0 Å². The molecule has 0 aliphatic carbocycles. The molecule has 4 rings (SSSR count). The molecule has 0 fully saturated rings. The van der Waals surface area contributed by atoms with Gasteiger partial charge in [0.2, 0.25) is 0 Å². The van der Waals surface area contributed by atoms with E-state index in [0.717, 1.165) is 9.79 Å². The van der Waals surface area contributed by atoms with Gasteiger partial charge in [0.1, 0.15) is 0 Å². The fraction of sp³-hybridized carbons (Fsp3) is 0.231. The quantitative estimate of drug-likeness (QED) is 0.231. The van der Waals surface area contributed by atoms with Crippen molar-refractivity contribution in [2.45, 2.75) is 49.1 Å². The van der Waals surface area contributed by atoms with Crippen molar-refractivity contribution in [3.63, 3.8) is 0 Å². The van der Waals surface area contributed by atoms with Crippen LogP contribution in [0.1, 0.15) is 0 Å². The first-order chi connectivity index (χ1) is 14.0. The van der Waals surface area contributed by atoms with E-state index in [0.29, 0.717) is 0 Å². The highest BCUT2D eigenvalue weighted by molar-refractivity contribution is 7.81. The van der Waals surface area contributed by atoms with Gasteiger partial charge in [-0.15, -0.1) is 25.3 Å². The largest absolute Gasteiger partial charge is 0.143 e. The first-order valence-corrected chi connectivity index (χ1v) is 18.4. The van der Waals surface area contributed by atoms with Crippen molar-refractivity contribution in [3.05, 3.63) is 60.7 Å². The van der Waals surface area contributed by atoms with Crippen molar-refractivity contribution in [2.24, 2.45) is 0 Å². The lowest BCUT2D eigenvalue weighted by molar-refractivity contribution is 1.46. The van der Waals surface area contributed by atoms with E-state index in [4.69, 9.17) is 25.3 Å². The topological polar surface area (TPSA) is 0 Å². The summed E-state index contributed by atoms with van der Waals surface area (Å²) in [5, 5.41) is 7.93. The van der Waals surface area contributed by atoms with Crippen LogP contribution in [0.3, 0.4) is 0 Å². The molecule has 0 saturated carbocycles. The molecule has 0 atom stereocenters. The van der Waals surface area contributed by atoms with E-state index in [-0.39, 0.29) is 0 Å². The fourth-order valence-electron chi connectivity index (χ4n) is 4.32. The minimum absolute atomic E-state index is 1.13. The number of benzene rings is 4. The van der Waals surface area contributed by atoms with E-state index >= 15 is 0 Å². The van der Waals surface area contributed by atoms with Gasteiger partial charge in [-0.1, -0.05) is 99.9 Å². The molecule has 30 heavy (non-hydrogen) atoms. The summed E-state index contributed by atoms with van der Waals surface area (Å²) in [5.74, 6) is 0. The van der Waals surface area contributed by atoms with Crippen LogP contribution in [0.5, 0.6) is 0 Å². The van der Waals surface area contributed by atoms with Crippen LogP contribution >= 0.6 is 25.3 Å². The molecule has 0 unspecified atom stereocenters. The zero-order valence-corrected chi connectivity index (χ0v) is 22.5. The van der Waals surface area contributed by atoms with Crippen molar-refractivity contribution in [2.75, 3.05) is 0 Å². The Bertz CT molecular complexity index is 1180. The first-order valence-electron chi connectivity index (χ1n) is 10.5. The molecule has 0 aliphatic heterocycles. The zero-order chi connectivity index (χ0) is 21.8. The van der Waals surface area contributed by atoms with E-state index in [1.165, 1.54) is 43.0 Å². The van der Waals surface area contributed by atoms with Gasteiger partial charge in [-0.3, -0.25) is 0 Å². The van der Waals surface area contributed by atoms with E-state index in [9.17, 15) is 0 Å². The second-order valence-corrected chi connectivity index (χ2v) is 21.2. The zero-order valence-electron chi connectivity index (χ0n) is 18.7. The maximum Gasteiger partial charge on any atom is 0.0791 e. The minimum atomic E-state index is -1.59. The average Bonchev–Trinajstić information content (AvgIpc) is 2.66. The van der Waals surface area contributed by atoms with Crippen molar-refractivity contribution in [1.82, 2.24) is 0 Å². The van der Waals surface area contributed by atoms with E-state index in [1.54, 1.807) is 0 Å². The Kier molecular flexibility index (Phi) is 5.50. The Hall–Kier alpha value is -1.47. The van der Waals surface area contributed by atoms with Crippen LogP contribution in [0.15, 0.2) is 70.5 Å². The fourth-order valence-corrected chi connectivity index (χ4v) is 9.78. The molecule has 4 aromatic carbocycles. The van der Waals surface area contributed by atoms with E-state index < -0.39 is 16.1 Å². The lowest BCUT2D eigenvalue weighted by Crippen LogP contribution is -2.40. The molecule has 0 aliphatic rings. The third kappa shape index (κ3) is 3.68. The Labute approximate surface area is 193 Å². The summed E-state index contributed by atoms with van der Waals surface area (Å²) in [7, 11) is -3.17. The van der Waals surface area contributed by atoms with Gasteiger partial charge in [-0.05, 0) is 31.9 Å². The average molecular weight is 463 g/mol. The molecule has 0 amide bonds. The SMILES string of the molecule is C[Si](C)(C)c1cc2ccccc2c(-c2c(S)c([Si](C)(C)C)cc3ccccc23)c1S. The maximum atomic E-state index is 5.18. The molecule has 0 bridgehead atoms. The molecule has 154 valence electrons. The van der Waals surface area contributed by atoms with Crippen molar-refractivity contribution < 1.29 is 0 Å². The summed E-state index contributed by atoms with van der Waals surface area (Å²) in [6.07, 6.45) is 0. The molecule has 0 N–H and O–H groups in total. The van der Waals surface area contributed by atoms with E-state index in [2.05, 4.69) is 99.9 Å². The molecule has 0 aromatic heterocycles. The molecular formula is C26H30S2Si2. The summed E-state index contributed by atoms with van der Waals surface area (Å²) in [4.78, 5) is 2.25. The van der Waals surface area contributed by atoms with Gasteiger partial charge in [0.05, 0.1) is 16.1 Å².